The van der Waals surface area contributed by atoms with Crippen LogP contribution in [0, 0.1) is 13.8 Å². The highest BCUT2D eigenvalue weighted by Crippen LogP contribution is 1.95. The summed E-state index contributed by atoms with van der Waals surface area (Å²) in [5.74, 6) is -1.05. The van der Waals surface area contributed by atoms with Gasteiger partial charge in [0.15, 0.2) is 0 Å². The van der Waals surface area contributed by atoms with Crippen molar-refractivity contribution in [3.05, 3.63) is 27.9 Å². The standard InChI is InChI=1S/C8H10N2O3/c1-5-3-6(2)10(4-7(11)12)8(13)9-5/h3H,4H2,1-2H3,(H,11,12). The fourth-order valence-electron chi connectivity index (χ4n) is 1.10. The topological polar surface area (TPSA) is 72.2 Å². The molecule has 1 heterocycles. The van der Waals surface area contributed by atoms with E-state index in [1.807, 2.05) is 0 Å². The number of aryl methyl sites for hydroxylation is 2. The van der Waals surface area contributed by atoms with Gasteiger partial charge >= 0.3 is 11.7 Å². The highest BCUT2D eigenvalue weighted by molar-refractivity contribution is 5.66. The average molecular weight is 182 g/mol. The molecule has 5 nitrogen and oxygen atoms in total. The lowest BCUT2D eigenvalue weighted by molar-refractivity contribution is -0.137. The van der Waals surface area contributed by atoms with Gasteiger partial charge in [0.2, 0.25) is 0 Å². The van der Waals surface area contributed by atoms with Crippen molar-refractivity contribution in [3.63, 3.8) is 0 Å². The Morgan fingerprint density at radius 1 is 1.62 bits per heavy atom. The molecular weight excluding hydrogens is 172 g/mol. The second-order valence-electron chi connectivity index (χ2n) is 2.80. The van der Waals surface area contributed by atoms with Crippen LogP contribution >= 0.6 is 0 Å². The van der Waals surface area contributed by atoms with Gasteiger partial charge < -0.3 is 5.11 Å². The van der Waals surface area contributed by atoms with E-state index in [0.29, 0.717) is 11.4 Å². The molecule has 0 fully saturated rings. The number of hydrogen-bond donors (Lipinski definition) is 1. The fourth-order valence-corrected chi connectivity index (χ4v) is 1.10. The molecule has 5 heteroatoms. The van der Waals surface area contributed by atoms with Crippen molar-refractivity contribution in [1.29, 1.82) is 0 Å². The predicted molar refractivity (Wildman–Crippen MR) is 45.6 cm³/mol. The van der Waals surface area contributed by atoms with E-state index in [4.69, 9.17) is 5.11 Å². The van der Waals surface area contributed by atoms with Gasteiger partial charge in [0, 0.05) is 11.4 Å². The van der Waals surface area contributed by atoms with E-state index in [1.54, 1.807) is 19.9 Å². The third-order valence-corrected chi connectivity index (χ3v) is 1.64. The van der Waals surface area contributed by atoms with E-state index < -0.39 is 11.7 Å². The van der Waals surface area contributed by atoms with Crippen LogP contribution in [0.5, 0.6) is 0 Å². The van der Waals surface area contributed by atoms with Crippen molar-refractivity contribution in [1.82, 2.24) is 9.55 Å². The van der Waals surface area contributed by atoms with Crippen molar-refractivity contribution in [2.75, 3.05) is 0 Å². The van der Waals surface area contributed by atoms with Crippen LogP contribution in [0.2, 0.25) is 0 Å². The molecule has 0 amide bonds. The number of rotatable bonds is 2. The summed E-state index contributed by atoms with van der Waals surface area (Å²) in [6, 6.07) is 1.67. The van der Waals surface area contributed by atoms with E-state index >= 15 is 0 Å². The molecule has 0 aliphatic rings. The van der Waals surface area contributed by atoms with Gasteiger partial charge in [0.25, 0.3) is 0 Å². The molecule has 1 rings (SSSR count). The molecule has 0 saturated heterocycles. The molecule has 1 aromatic heterocycles. The molecule has 0 spiro atoms. The second-order valence-corrected chi connectivity index (χ2v) is 2.80. The average Bonchev–Trinajstić information content (AvgIpc) is 1.96. The first-order chi connectivity index (χ1) is 6.00. The van der Waals surface area contributed by atoms with Gasteiger partial charge in [-0.25, -0.2) is 4.79 Å². The Labute approximate surface area is 74.7 Å². The summed E-state index contributed by atoms with van der Waals surface area (Å²) in [6.45, 7) is 3.04. The molecule has 0 aliphatic heterocycles. The van der Waals surface area contributed by atoms with Crippen molar-refractivity contribution >= 4 is 5.97 Å². The van der Waals surface area contributed by atoms with E-state index in [0.717, 1.165) is 4.57 Å². The minimum Gasteiger partial charge on any atom is -0.480 e. The van der Waals surface area contributed by atoms with Crippen LogP contribution in [-0.2, 0) is 11.3 Å². The quantitative estimate of drug-likeness (QED) is 0.695. The van der Waals surface area contributed by atoms with Crippen LogP contribution in [0.1, 0.15) is 11.4 Å². The molecule has 0 unspecified atom stereocenters. The first kappa shape index (κ1) is 9.44. The third kappa shape index (κ3) is 2.14. The zero-order valence-corrected chi connectivity index (χ0v) is 7.44. The maximum atomic E-state index is 11.2. The molecule has 0 aromatic carbocycles. The van der Waals surface area contributed by atoms with Crippen LogP contribution in [0.3, 0.4) is 0 Å². The Morgan fingerprint density at radius 3 is 2.69 bits per heavy atom. The smallest absolute Gasteiger partial charge is 0.348 e. The lowest BCUT2D eigenvalue weighted by atomic mass is 10.3. The Balaban J connectivity index is 3.21. The second kappa shape index (κ2) is 3.38. The van der Waals surface area contributed by atoms with Crippen LogP contribution in [0.4, 0.5) is 0 Å². The lowest BCUT2D eigenvalue weighted by Gasteiger charge is -2.05. The number of hydrogen-bond acceptors (Lipinski definition) is 3. The van der Waals surface area contributed by atoms with Crippen LogP contribution in [-0.4, -0.2) is 20.6 Å². The zero-order chi connectivity index (χ0) is 10.0. The predicted octanol–water partition coefficient (Wildman–Crippen LogP) is -0.0553. The van der Waals surface area contributed by atoms with Gasteiger partial charge in [-0.3, -0.25) is 9.36 Å². The summed E-state index contributed by atoms with van der Waals surface area (Å²) >= 11 is 0. The van der Waals surface area contributed by atoms with Crippen molar-refractivity contribution in [2.45, 2.75) is 20.4 Å². The molecule has 70 valence electrons. The lowest BCUT2D eigenvalue weighted by Crippen LogP contribution is -2.28. The van der Waals surface area contributed by atoms with Crippen molar-refractivity contribution in [3.8, 4) is 0 Å². The molecule has 0 atom stereocenters. The van der Waals surface area contributed by atoms with E-state index in [9.17, 15) is 9.59 Å². The number of aromatic nitrogens is 2. The monoisotopic (exact) mass is 182 g/mol. The molecule has 1 aromatic rings. The Hall–Kier alpha value is -1.65. The molecule has 0 saturated carbocycles. The van der Waals surface area contributed by atoms with E-state index in [-0.39, 0.29) is 6.54 Å². The molecule has 0 bridgehead atoms. The summed E-state index contributed by atoms with van der Waals surface area (Å²) in [5, 5.41) is 8.50. The maximum absolute atomic E-state index is 11.2. The zero-order valence-electron chi connectivity index (χ0n) is 7.44. The van der Waals surface area contributed by atoms with Crippen LogP contribution < -0.4 is 5.69 Å². The van der Waals surface area contributed by atoms with E-state index in [2.05, 4.69) is 4.98 Å². The summed E-state index contributed by atoms with van der Waals surface area (Å²) in [7, 11) is 0. The van der Waals surface area contributed by atoms with Crippen LogP contribution in [0.15, 0.2) is 10.9 Å². The molecular formula is C8H10N2O3. The Bertz CT molecular complexity index is 395. The number of carboxylic acid groups (broad SMARTS) is 1. The highest BCUT2D eigenvalue weighted by atomic mass is 16.4. The van der Waals surface area contributed by atoms with Gasteiger partial charge in [-0.1, -0.05) is 0 Å². The normalized spacial score (nSPS) is 10.0. The summed E-state index contributed by atoms with van der Waals surface area (Å²) < 4.78 is 1.12. The Kier molecular flexibility index (Phi) is 2.46. The number of nitrogens with zero attached hydrogens (tertiary/aromatic N) is 2. The maximum Gasteiger partial charge on any atom is 0.348 e. The van der Waals surface area contributed by atoms with E-state index in [1.165, 1.54) is 0 Å². The first-order valence-electron chi connectivity index (χ1n) is 3.77. The largest absolute Gasteiger partial charge is 0.480 e. The highest BCUT2D eigenvalue weighted by Gasteiger charge is 2.05. The molecule has 0 aliphatic carbocycles. The summed E-state index contributed by atoms with van der Waals surface area (Å²) in [4.78, 5) is 25.2. The molecule has 0 radical (unpaired) electrons. The van der Waals surface area contributed by atoms with Crippen molar-refractivity contribution in [2.24, 2.45) is 0 Å². The number of carbonyl (C=O) groups is 1. The minimum atomic E-state index is -1.05. The molecule has 1 N–H and O–H groups in total. The van der Waals surface area contributed by atoms with Crippen molar-refractivity contribution < 1.29 is 9.90 Å². The first-order valence-corrected chi connectivity index (χ1v) is 3.77. The van der Waals surface area contributed by atoms with Gasteiger partial charge in [0.05, 0.1) is 0 Å². The minimum absolute atomic E-state index is 0.335. The fraction of sp³-hybridized carbons (Fsp3) is 0.375. The SMILES string of the molecule is Cc1cc(C)n(CC(=O)O)c(=O)n1. The van der Waals surface area contributed by atoms with Gasteiger partial charge in [-0.2, -0.15) is 4.98 Å². The molecule has 13 heavy (non-hydrogen) atoms. The Morgan fingerprint density at radius 2 is 2.23 bits per heavy atom. The summed E-state index contributed by atoms with van der Waals surface area (Å²) in [5.41, 5.74) is 0.698. The van der Waals surface area contributed by atoms with Gasteiger partial charge in [-0.15, -0.1) is 0 Å². The third-order valence-electron chi connectivity index (χ3n) is 1.64. The van der Waals surface area contributed by atoms with Crippen LogP contribution in [0.25, 0.3) is 0 Å². The van der Waals surface area contributed by atoms with Gasteiger partial charge in [0.1, 0.15) is 6.54 Å². The van der Waals surface area contributed by atoms with Gasteiger partial charge in [-0.05, 0) is 19.9 Å². The summed E-state index contributed by atoms with van der Waals surface area (Å²) in [6.07, 6.45) is 0. The number of aliphatic carboxylic acids is 1. The number of carboxylic acids is 1.